The van der Waals surface area contributed by atoms with Crippen molar-refractivity contribution < 1.29 is 8.42 Å². The van der Waals surface area contributed by atoms with Gasteiger partial charge in [0.05, 0.1) is 16.3 Å². The van der Waals surface area contributed by atoms with Crippen LogP contribution in [-0.2, 0) is 9.84 Å². The summed E-state index contributed by atoms with van der Waals surface area (Å²) in [6.07, 6.45) is 3.50. The molecular formula is C19H16N2O2S. The summed E-state index contributed by atoms with van der Waals surface area (Å²) in [6, 6.07) is 17.7. The zero-order valence-electron chi connectivity index (χ0n) is 13.2. The number of aromatic nitrogens is 2. The van der Waals surface area contributed by atoms with E-state index in [1.807, 2.05) is 24.4 Å². The minimum absolute atomic E-state index is 0.0880. The van der Waals surface area contributed by atoms with E-state index < -0.39 is 9.84 Å². The lowest BCUT2D eigenvalue weighted by molar-refractivity contribution is 0.596. The maximum atomic E-state index is 12.0. The van der Waals surface area contributed by atoms with Gasteiger partial charge in [-0.05, 0) is 29.0 Å². The molecule has 0 aliphatic carbocycles. The maximum absolute atomic E-state index is 12.0. The summed E-state index contributed by atoms with van der Waals surface area (Å²) < 4.78 is 25.8. The van der Waals surface area contributed by atoms with Crippen LogP contribution in [0.25, 0.3) is 27.7 Å². The van der Waals surface area contributed by atoms with Crippen molar-refractivity contribution in [2.75, 3.05) is 5.75 Å². The molecular weight excluding hydrogens is 320 g/mol. The predicted molar refractivity (Wildman–Crippen MR) is 95.9 cm³/mol. The lowest BCUT2D eigenvalue weighted by Gasteiger charge is -2.01. The van der Waals surface area contributed by atoms with Crippen molar-refractivity contribution in [3.8, 4) is 11.3 Å². The summed E-state index contributed by atoms with van der Waals surface area (Å²) in [6.45, 7) is 1.65. The summed E-state index contributed by atoms with van der Waals surface area (Å²) >= 11 is 0. The molecule has 24 heavy (non-hydrogen) atoms. The molecule has 0 aliphatic heterocycles. The molecule has 0 amide bonds. The van der Waals surface area contributed by atoms with E-state index in [9.17, 15) is 8.42 Å². The van der Waals surface area contributed by atoms with Crippen molar-refractivity contribution in [2.45, 2.75) is 11.8 Å². The highest BCUT2D eigenvalue weighted by Crippen LogP contribution is 2.25. The standard InChI is InChI=1S/C19H16N2O2S/c1-2-24(22,23)17-9-10-19-20-18(13-21(19)12-17)16-8-7-14-5-3-4-6-15(14)11-16/h3-13H,2H2,1H3. The zero-order chi connectivity index (χ0) is 16.7. The van der Waals surface area contributed by atoms with Gasteiger partial charge in [0, 0.05) is 18.0 Å². The topological polar surface area (TPSA) is 51.4 Å². The van der Waals surface area contributed by atoms with Gasteiger partial charge in [0.1, 0.15) is 5.65 Å². The molecule has 0 saturated heterocycles. The first-order valence-corrected chi connectivity index (χ1v) is 9.43. The molecule has 0 N–H and O–H groups in total. The van der Waals surface area contributed by atoms with Crippen LogP contribution in [0.4, 0.5) is 0 Å². The third-order valence-electron chi connectivity index (χ3n) is 4.21. The Morgan fingerprint density at radius 2 is 1.75 bits per heavy atom. The summed E-state index contributed by atoms with van der Waals surface area (Å²) in [4.78, 5) is 4.93. The van der Waals surface area contributed by atoms with Crippen LogP contribution >= 0.6 is 0 Å². The number of imidazole rings is 1. The SMILES string of the molecule is CCS(=O)(=O)c1ccc2nc(-c3ccc4ccccc4c3)cn2c1. The van der Waals surface area contributed by atoms with Crippen molar-refractivity contribution in [2.24, 2.45) is 0 Å². The number of nitrogens with zero attached hydrogens (tertiary/aromatic N) is 2. The number of benzene rings is 2. The molecule has 0 saturated carbocycles. The Hall–Kier alpha value is -2.66. The van der Waals surface area contributed by atoms with Gasteiger partial charge in [0.15, 0.2) is 9.84 Å². The Bertz CT molecular complexity index is 1160. The highest BCUT2D eigenvalue weighted by Gasteiger charge is 2.13. The number of hydrogen-bond acceptors (Lipinski definition) is 3. The predicted octanol–water partition coefficient (Wildman–Crippen LogP) is 3.95. The molecule has 2 heterocycles. The Morgan fingerprint density at radius 1 is 0.958 bits per heavy atom. The van der Waals surface area contributed by atoms with Crippen molar-refractivity contribution in [1.82, 2.24) is 9.38 Å². The molecule has 0 spiro atoms. The van der Waals surface area contributed by atoms with Gasteiger partial charge in [-0.25, -0.2) is 13.4 Å². The van der Waals surface area contributed by atoms with E-state index >= 15 is 0 Å². The number of sulfone groups is 1. The third-order valence-corrected chi connectivity index (χ3v) is 5.93. The van der Waals surface area contributed by atoms with Gasteiger partial charge in [0.2, 0.25) is 0 Å². The molecule has 0 radical (unpaired) electrons. The summed E-state index contributed by atoms with van der Waals surface area (Å²) in [5.74, 6) is 0.0880. The normalized spacial score (nSPS) is 12.0. The van der Waals surface area contributed by atoms with Crippen LogP contribution in [-0.4, -0.2) is 23.6 Å². The van der Waals surface area contributed by atoms with Crippen molar-refractivity contribution >= 4 is 26.3 Å². The molecule has 0 aliphatic rings. The van der Waals surface area contributed by atoms with Gasteiger partial charge < -0.3 is 4.40 Å². The number of pyridine rings is 1. The van der Waals surface area contributed by atoms with Crippen LogP contribution in [0, 0.1) is 0 Å². The van der Waals surface area contributed by atoms with Gasteiger partial charge in [-0.2, -0.15) is 0 Å². The highest BCUT2D eigenvalue weighted by atomic mass is 32.2. The van der Waals surface area contributed by atoms with Gasteiger partial charge in [-0.15, -0.1) is 0 Å². The van der Waals surface area contributed by atoms with Crippen LogP contribution in [0.15, 0.2) is 71.9 Å². The first kappa shape index (κ1) is 14.9. The van der Waals surface area contributed by atoms with E-state index in [4.69, 9.17) is 0 Å². The van der Waals surface area contributed by atoms with Gasteiger partial charge in [-0.1, -0.05) is 43.3 Å². The second-order valence-corrected chi connectivity index (χ2v) is 8.00. The van der Waals surface area contributed by atoms with Gasteiger partial charge >= 0.3 is 0 Å². The lowest BCUT2D eigenvalue weighted by Crippen LogP contribution is -2.04. The van der Waals surface area contributed by atoms with E-state index in [-0.39, 0.29) is 5.75 Å². The quantitative estimate of drug-likeness (QED) is 0.569. The number of hydrogen-bond donors (Lipinski definition) is 0. The van der Waals surface area contributed by atoms with Crippen molar-refractivity contribution in [3.63, 3.8) is 0 Å². The average molecular weight is 336 g/mol. The zero-order valence-corrected chi connectivity index (χ0v) is 14.0. The number of rotatable bonds is 3. The number of fused-ring (bicyclic) bond motifs is 2. The van der Waals surface area contributed by atoms with Crippen LogP contribution in [0.1, 0.15) is 6.92 Å². The van der Waals surface area contributed by atoms with Crippen LogP contribution in [0.2, 0.25) is 0 Å². The van der Waals surface area contributed by atoms with E-state index in [1.165, 1.54) is 5.39 Å². The van der Waals surface area contributed by atoms with E-state index in [0.29, 0.717) is 4.90 Å². The molecule has 0 bridgehead atoms. The third kappa shape index (κ3) is 2.47. The maximum Gasteiger partial charge on any atom is 0.179 e. The molecule has 0 unspecified atom stereocenters. The fourth-order valence-electron chi connectivity index (χ4n) is 2.81. The minimum atomic E-state index is -3.22. The van der Waals surface area contributed by atoms with E-state index in [2.05, 4.69) is 29.2 Å². The summed E-state index contributed by atoms with van der Waals surface area (Å²) in [5, 5.41) is 2.34. The molecule has 120 valence electrons. The molecule has 4 rings (SSSR count). The highest BCUT2D eigenvalue weighted by molar-refractivity contribution is 7.91. The smallest absolute Gasteiger partial charge is 0.179 e. The van der Waals surface area contributed by atoms with Crippen LogP contribution in [0.3, 0.4) is 0 Å². The van der Waals surface area contributed by atoms with Crippen LogP contribution in [0.5, 0.6) is 0 Å². The fourth-order valence-corrected chi connectivity index (χ4v) is 3.69. The summed E-state index contributed by atoms with van der Waals surface area (Å²) in [5.41, 5.74) is 2.57. The second-order valence-electron chi connectivity index (χ2n) is 5.72. The monoisotopic (exact) mass is 336 g/mol. The molecule has 4 aromatic rings. The largest absolute Gasteiger partial charge is 0.305 e. The first-order chi connectivity index (χ1) is 11.6. The Morgan fingerprint density at radius 3 is 2.54 bits per heavy atom. The van der Waals surface area contributed by atoms with Gasteiger partial charge in [0.25, 0.3) is 0 Å². The van der Waals surface area contributed by atoms with E-state index in [0.717, 1.165) is 22.3 Å². The molecule has 2 aromatic heterocycles. The molecule has 0 fully saturated rings. The molecule has 2 aromatic carbocycles. The average Bonchev–Trinajstić information content (AvgIpc) is 3.04. The lowest BCUT2D eigenvalue weighted by atomic mass is 10.1. The van der Waals surface area contributed by atoms with Crippen molar-refractivity contribution in [3.05, 3.63) is 67.0 Å². The Kier molecular flexibility index (Phi) is 3.39. The fraction of sp³-hybridized carbons (Fsp3) is 0.105. The Balaban J connectivity index is 1.84. The van der Waals surface area contributed by atoms with Crippen LogP contribution < -0.4 is 0 Å². The molecule has 0 atom stereocenters. The molecule has 5 heteroatoms. The first-order valence-electron chi connectivity index (χ1n) is 7.77. The molecule has 4 nitrogen and oxygen atoms in total. The van der Waals surface area contributed by atoms with Crippen molar-refractivity contribution in [1.29, 1.82) is 0 Å². The Labute approximate surface area is 140 Å². The second kappa shape index (κ2) is 5.46. The minimum Gasteiger partial charge on any atom is -0.305 e. The van der Waals surface area contributed by atoms with E-state index in [1.54, 1.807) is 29.7 Å². The summed E-state index contributed by atoms with van der Waals surface area (Å²) in [7, 11) is -3.22. The van der Waals surface area contributed by atoms with Gasteiger partial charge in [-0.3, -0.25) is 0 Å².